The quantitative estimate of drug-likeness (QED) is 0.325. The smallest absolute Gasteiger partial charge is 0.0920 e. The van der Waals surface area contributed by atoms with Gasteiger partial charge in [0.15, 0.2) is 0 Å². The first-order valence-corrected chi connectivity index (χ1v) is 10.9. The number of hydrogen-bond acceptors (Lipinski definition) is 2. The molecule has 2 heterocycles. The summed E-state index contributed by atoms with van der Waals surface area (Å²) >= 11 is 0. The highest BCUT2D eigenvalue weighted by molar-refractivity contribution is 5.62. The highest BCUT2D eigenvalue weighted by Crippen LogP contribution is 2.25. The van der Waals surface area contributed by atoms with Gasteiger partial charge in [0.2, 0.25) is 0 Å². The average molecular weight is 393 g/mol. The van der Waals surface area contributed by atoms with E-state index in [1.54, 1.807) is 0 Å². The molecule has 0 atom stereocenters. The highest BCUT2D eigenvalue weighted by Gasteiger charge is 2.12. The van der Waals surface area contributed by atoms with E-state index >= 15 is 0 Å². The summed E-state index contributed by atoms with van der Waals surface area (Å²) in [4.78, 5) is 9.48. The molecule has 0 fully saturated rings. The van der Waals surface area contributed by atoms with Gasteiger partial charge in [0.05, 0.1) is 11.4 Å². The van der Waals surface area contributed by atoms with Crippen molar-refractivity contribution in [2.75, 3.05) is 0 Å². The summed E-state index contributed by atoms with van der Waals surface area (Å²) < 4.78 is 0. The molecule has 4 aromatic rings. The summed E-state index contributed by atoms with van der Waals surface area (Å²) in [7, 11) is 0. The van der Waals surface area contributed by atoms with E-state index < -0.39 is 0 Å². The number of rotatable bonds is 9. The third-order valence-corrected chi connectivity index (χ3v) is 5.52. The van der Waals surface area contributed by atoms with Crippen molar-refractivity contribution in [3.63, 3.8) is 0 Å². The zero-order valence-corrected chi connectivity index (χ0v) is 17.4. The second-order valence-electron chi connectivity index (χ2n) is 7.70. The standard InChI is InChI=1S/C28H28N2/c1-3-11-23(12-4-1)15-7-17-25-19-9-21-29-27(25)28-26(20-10-22-30-28)18-8-16-24-13-5-2-6-14-24/h1-6,9-14,19-22H,7-8,15-18H2. The van der Waals surface area contributed by atoms with Gasteiger partial charge in [-0.1, -0.05) is 72.8 Å². The lowest BCUT2D eigenvalue weighted by atomic mass is 9.97. The third-order valence-electron chi connectivity index (χ3n) is 5.52. The van der Waals surface area contributed by atoms with E-state index in [4.69, 9.17) is 9.97 Å². The van der Waals surface area contributed by atoms with E-state index in [-0.39, 0.29) is 0 Å². The number of pyridine rings is 2. The van der Waals surface area contributed by atoms with Crippen LogP contribution in [0.5, 0.6) is 0 Å². The lowest BCUT2D eigenvalue weighted by Gasteiger charge is -2.12. The highest BCUT2D eigenvalue weighted by atomic mass is 14.8. The number of benzene rings is 2. The van der Waals surface area contributed by atoms with Crippen LogP contribution in [0.15, 0.2) is 97.3 Å². The Balaban J connectivity index is 1.46. The van der Waals surface area contributed by atoms with Crippen molar-refractivity contribution in [1.82, 2.24) is 9.97 Å². The summed E-state index contributed by atoms with van der Waals surface area (Å²) in [6.07, 6.45) is 10.2. The van der Waals surface area contributed by atoms with Crippen molar-refractivity contribution >= 4 is 0 Å². The molecule has 0 aliphatic carbocycles. The van der Waals surface area contributed by atoms with Crippen LogP contribution in [0, 0.1) is 0 Å². The van der Waals surface area contributed by atoms with Crippen LogP contribution in [0.3, 0.4) is 0 Å². The maximum Gasteiger partial charge on any atom is 0.0920 e. The van der Waals surface area contributed by atoms with Crippen molar-refractivity contribution < 1.29 is 0 Å². The molecule has 2 nitrogen and oxygen atoms in total. The maximum absolute atomic E-state index is 4.74. The van der Waals surface area contributed by atoms with E-state index in [2.05, 4.69) is 72.8 Å². The van der Waals surface area contributed by atoms with Crippen LogP contribution in [0.25, 0.3) is 11.4 Å². The molecule has 0 radical (unpaired) electrons. The molecule has 0 amide bonds. The summed E-state index contributed by atoms with van der Waals surface area (Å²) in [5.74, 6) is 0. The Morgan fingerprint density at radius 3 is 1.30 bits per heavy atom. The Morgan fingerprint density at radius 1 is 0.433 bits per heavy atom. The van der Waals surface area contributed by atoms with Crippen molar-refractivity contribution in [2.45, 2.75) is 38.5 Å². The summed E-state index contributed by atoms with van der Waals surface area (Å²) in [6.45, 7) is 0. The first kappa shape index (κ1) is 20.0. The van der Waals surface area contributed by atoms with Crippen molar-refractivity contribution in [2.24, 2.45) is 0 Å². The van der Waals surface area contributed by atoms with Crippen LogP contribution in [0.4, 0.5) is 0 Å². The van der Waals surface area contributed by atoms with E-state index in [1.165, 1.54) is 22.3 Å². The van der Waals surface area contributed by atoms with Gasteiger partial charge in [0, 0.05) is 12.4 Å². The largest absolute Gasteiger partial charge is 0.254 e. The molecular weight excluding hydrogens is 364 g/mol. The van der Waals surface area contributed by atoms with E-state index in [1.807, 2.05) is 24.5 Å². The minimum Gasteiger partial charge on any atom is -0.254 e. The van der Waals surface area contributed by atoms with Gasteiger partial charge >= 0.3 is 0 Å². The lowest BCUT2D eigenvalue weighted by molar-refractivity contribution is 0.810. The molecule has 0 N–H and O–H groups in total. The fourth-order valence-corrected chi connectivity index (χ4v) is 3.96. The Labute approximate surface area is 179 Å². The fraction of sp³-hybridized carbons (Fsp3) is 0.214. The molecular formula is C28H28N2. The van der Waals surface area contributed by atoms with Crippen LogP contribution in [-0.2, 0) is 25.7 Å². The van der Waals surface area contributed by atoms with Crippen LogP contribution >= 0.6 is 0 Å². The number of nitrogens with zero attached hydrogens (tertiary/aromatic N) is 2. The molecule has 0 spiro atoms. The van der Waals surface area contributed by atoms with Gasteiger partial charge in [0.1, 0.15) is 0 Å². The van der Waals surface area contributed by atoms with E-state index in [0.717, 1.165) is 49.9 Å². The van der Waals surface area contributed by atoms with Gasteiger partial charge in [-0.05, 0) is 72.9 Å². The third kappa shape index (κ3) is 5.42. The predicted molar refractivity (Wildman–Crippen MR) is 124 cm³/mol. The molecule has 0 bridgehead atoms. The minimum atomic E-state index is 1.01. The van der Waals surface area contributed by atoms with E-state index in [9.17, 15) is 0 Å². The molecule has 0 unspecified atom stereocenters. The monoisotopic (exact) mass is 392 g/mol. The van der Waals surface area contributed by atoms with Gasteiger partial charge in [-0.2, -0.15) is 0 Å². The number of aromatic nitrogens is 2. The zero-order valence-electron chi connectivity index (χ0n) is 17.4. The molecule has 2 aromatic carbocycles. The zero-order chi connectivity index (χ0) is 20.4. The molecule has 2 heteroatoms. The molecule has 30 heavy (non-hydrogen) atoms. The first-order valence-electron chi connectivity index (χ1n) is 10.9. The lowest BCUT2D eigenvalue weighted by Crippen LogP contribution is -2.01. The van der Waals surface area contributed by atoms with Crippen LogP contribution in [0.2, 0.25) is 0 Å². The number of aryl methyl sites for hydroxylation is 4. The fourth-order valence-electron chi connectivity index (χ4n) is 3.96. The van der Waals surface area contributed by atoms with Gasteiger partial charge < -0.3 is 0 Å². The summed E-state index contributed by atoms with van der Waals surface area (Å²) in [5, 5.41) is 0. The molecule has 150 valence electrons. The van der Waals surface area contributed by atoms with Crippen LogP contribution in [-0.4, -0.2) is 9.97 Å². The van der Waals surface area contributed by atoms with Gasteiger partial charge in [-0.3, -0.25) is 9.97 Å². The first-order chi connectivity index (χ1) is 14.9. The molecule has 2 aromatic heterocycles. The Hall–Kier alpha value is -3.26. The van der Waals surface area contributed by atoms with Crippen molar-refractivity contribution in [1.29, 1.82) is 0 Å². The van der Waals surface area contributed by atoms with Gasteiger partial charge in [-0.25, -0.2) is 0 Å². The average Bonchev–Trinajstić information content (AvgIpc) is 2.81. The summed E-state index contributed by atoms with van der Waals surface area (Å²) in [5.41, 5.74) is 7.44. The van der Waals surface area contributed by atoms with Gasteiger partial charge in [0.25, 0.3) is 0 Å². The molecule has 0 saturated carbocycles. The van der Waals surface area contributed by atoms with Crippen molar-refractivity contribution in [3.8, 4) is 11.4 Å². The van der Waals surface area contributed by atoms with E-state index in [0.29, 0.717) is 0 Å². The second-order valence-corrected chi connectivity index (χ2v) is 7.70. The molecule has 4 rings (SSSR count). The van der Waals surface area contributed by atoms with Gasteiger partial charge in [-0.15, -0.1) is 0 Å². The topological polar surface area (TPSA) is 25.8 Å². The van der Waals surface area contributed by atoms with Crippen LogP contribution in [0.1, 0.15) is 35.1 Å². The molecule has 0 aliphatic heterocycles. The van der Waals surface area contributed by atoms with Crippen LogP contribution < -0.4 is 0 Å². The Morgan fingerprint density at radius 2 is 0.867 bits per heavy atom. The number of hydrogen-bond donors (Lipinski definition) is 0. The minimum absolute atomic E-state index is 1.01. The van der Waals surface area contributed by atoms with Crippen molar-refractivity contribution in [3.05, 3.63) is 120 Å². The Bertz CT molecular complexity index is 955. The Kier molecular flexibility index (Phi) is 7.01. The second kappa shape index (κ2) is 10.5. The summed E-state index contributed by atoms with van der Waals surface area (Å²) in [6, 6.07) is 29.9. The molecule has 0 aliphatic rings. The normalized spacial score (nSPS) is 10.8. The predicted octanol–water partition coefficient (Wildman–Crippen LogP) is 6.49. The SMILES string of the molecule is c1ccc(CCCc2cccnc2-c2ncccc2CCCc2ccccc2)cc1. The molecule has 0 saturated heterocycles. The maximum atomic E-state index is 4.74.